The summed E-state index contributed by atoms with van der Waals surface area (Å²) in [4.78, 5) is 27.4. The monoisotopic (exact) mass is 518 g/mol. The van der Waals surface area contributed by atoms with Crippen molar-refractivity contribution in [2.75, 3.05) is 56.6 Å². The molecule has 1 aromatic heterocycles. The number of aliphatic hydroxyl groups is 1. The fraction of sp³-hybridized carbons (Fsp3) is 0.481. The first-order valence-corrected chi connectivity index (χ1v) is 12.9. The van der Waals surface area contributed by atoms with E-state index in [1.54, 1.807) is 23.1 Å². The van der Waals surface area contributed by atoms with Crippen molar-refractivity contribution in [2.24, 2.45) is 11.1 Å². The molecule has 3 aliphatic rings. The molecule has 2 aromatic rings. The van der Waals surface area contributed by atoms with E-state index >= 15 is 0 Å². The van der Waals surface area contributed by atoms with Crippen LogP contribution < -0.4 is 20.7 Å². The Morgan fingerprint density at radius 1 is 1.39 bits per heavy atom. The summed E-state index contributed by atoms with van der Waals surface area (Å²) in [6.07, 6.45) is 3.30. The molecule has 0 radical (unpaired) electrons. The van der Waals surface area contributed by atoms with Gasteiger partial charge in [-0.2, -0.15) is 15.2 Å². The van der Waals surface area contributed by atoms with Crippen LogP contribution in [0.3, 0.4) is 0 Å². The lowest BCUT2D eigenvalue weighted by Gasteiger charge is -2.47. The van der Waals surface area contributed by atoms with Gasteiger partial charge in [-0.25, -0.2) is 0 Å². The normalized spacial score (nSPS) is 21.2. The number of likely N-dealkylation sites (N-methyl/N-ethyl adjacent to an activating group) is 1. The molecule has 2 atom stereocenters. The van der Waals surface area contributed by atoms with E-state index in [9.17, 15) is 15.2 Å². The molecule has 38 heavy (non-hydrogen) atoms. The molecule has 5 rings (SSSR count). The van der Waals surface area contributed by atoms with Gasteiger partial charge in [-0.3, -0.25) is 4.79 Å². The highest BCUT2D eigenvalue weighted by molar-refractivity contribution is 5.87. The second kappa shape index (κ2) is 10.6. The van der Waals surface area contributed by atoms with Gasteiger partial charge in [0.2, 0.25) is 5.91 Å². The number of nitrogens with zero attached hydrogens (tertiary/aromatic N) is 6. The average molecular weight is 519 g/mol. The number of hydrogen-bond donors (Lipinski definition) is 3. The molecule has 11 nitrogen and oxygen atoms in total. The number of amides is 1. The number of rotatable bonds is 8. The highest BCUT2D eigenvalue weighted by atomic mass is 16.5. The van der Waals surface area contributed by atoms with E-state index in [0.717, 1.165) is 25.8 Å². The van der Waals surface area contributed by atoms with Gasteiger partial charge in [-0.1, -0.05) is 18.7 Å². The first-order chi connectivity index (χ1) is 18.3. The zero-order valence-corrected chi connectivity index (χ0v) is 21.6. The Morgan fingerprint density at radius 3 is 2.89 bits per heavy atom. The van der Waals surface area contributed by atoms with Crippen molar-refractivity contribution < 1.29 is 14.6 Å². The van der Waals surface area contributed by atoms with Crippen LogP contribution in [0, 0.1) is 16.7 Å². The molecule has 4 N–H and O–H groups in total. The summed E-state index contributed by atoms with van der Waals surface area (Å²) in [7, 11) is 2.08. The molecule has 1 spiro atoms. The maximum Gasteiger partial charge on any atom is 0.320 e. The summed E-state index contributed by atoms with van der Waals surface area (Å²) < 4.78 is 6.09. The van der Waals surface area contributed by atoms with Gasteiger partial charge in [-0.05, 0) is 56.6 Å². The molecule has 0 aliphatic carbocycles. The fourth-order valence-electron chi connectivity index (χ4n) is 5.64. The summed E-state index contributed by atoms with van der Waals surface area (Å²) >= 11 is 0. The summed E-state index contributed by atoms with van der Waals surface area (Å²) in [5, 5.41) is 23.2. The molecule has 3 saturated heterocycles. The predicted octanol–water partition coefficient (Wildman–Crippen LogP) is 1.74. The van der Waals surface area contributed by atoms with Gasteiger partial charge >= 0.3 is 6.01 Å². The minimum absolute atomic E-state index is 0.0247. The van der Waals surface area contributed by atoms with Gasteiger partial charge < -0.3 is 35.6 Å². The number of carbonyl (C=O) groups excluding carboxylic acids is 1. The van der Waals surface area contributed by atoms with Crippen LogP contribution in [-0.4, -0.2) is 83.2 Å². The van der Waals surface area contributed by atoms with Gasteiger partial charge in [0.25, 0.3) is 0 Å². The second-order valence-corrected chi connectivity index (χ2v) is 10.5. The number of ether oxygens (including phenoxy) is 1. The number of anilines is 3. The van der Waals surface area contributed by atoms with E-state index < -0.39 is 6.23 Å². The number of carbonyl (C=O) groups is 1. The molecule has 0 saturated carbocycles. The maximum atomic E-state index is 12.0. The molecule has 11 heteroatoms. The number of likely N-dealkylation sites (tertiary alicyclic amines) is 2. The Labute approximate surface area is 222 Å². The van der Waals surface area contributed by atoms with Crippen LogP contribution in [0.25, 0.3) is 0 Å². The number of nitriles is 1. The van der Waals surface area contributed by atoms with Gasteiger partial charge in [0.15, 0.2) is 11.6 Å². The van der Waals surface area contributed by atoms with E-state index in [4.69, 9.17) is 15.5 Å². The van der Waals surface area contributed by atoms with Crippen molar-refractivity contribution >= 4 is 23.2 Å². The third kappa shape index (κ3) is 5.15. The minimum atomic E-state index is -1.12. The molecule has 200 valence electrons. The van der Waals surface area contributed by atoms with Crippen LogP contribution >= 0.6 is 0 Å². The topological polar surface area (TPSA) is 144 Å². The van der Waals surface area contributed by atoms with Crippen molar-refractivity contribution in [3.63, 3.8) is 0 Å². The van der Waals surface area contributed by atoms with E-state index in [0.29, 0.717) is 61.2 Å². The average Bonchev–Trinajstić information content (AvgIpc) is 3.52. The van der Waals surface area contributed by atoms with Crippen LogP contribution in [0.4, 0.5) is 17.3 Å². The SMILES string of the molecule is C=CC(=O)N1CC2(CCN(c3nc(OCC4CCCN4C)nc(Nc4cccc(C(N)O)c4)c3C#N)C2)C1. The van der Waals surface area contributed by atoms with E-state index in [2.05, 4.69) is 39.8 Å². The molecule has 4 heterocycles. The summed E-state index contributed by atoms with van der Waals surface area (Å²) in [6, 6.07) is 9.80. The zero-order chi connectivity index (χ0) is 26.9. The Kier molecular flexibility index (Phi) is 7.21. The maximum absolute atomic E-state index is 12.0. The number of nitrogens with one attached hydrogen (secondary N) is 1. The largest absolute Gasteiger partial charge is 0.462 e. The summed E-state index contributed by atoms with van der Waals surface area (Å²) in [5.41, 5.74) is 7.09. The molecule has 3 aliphatic heterocycles. The van der Waals surface area contributed by atoms with Crippen molar-refractivity contribution in [2.45, 2.75) is 31.5 Å². The van der Waals surface area contributed by atoms with Crippen LogP contribution in [0.15, 0.2) is 36.9 Å². The van der Waals surface area contributed by atoms with E-state index in [-0.39, 0.29) is 23.4 Å². The summed E-state index contributed by atoms with van der Waals surface area (Å²) in [6.45, 7) is 7.79. The molecule has 3 fully saturated rings. The van der Waals surface area contributed by atoms with Crippen LogP contribution in [-0.2, 0) is 4.79 Å². The minimum Gasteiger partial charge on any atom is -0.462 e. The van der Waals surface area contributed by atoms with Gasteiger partial charge in [0.1, 0.15) is 24.5 Å². The van der Waals surface area contributed by atoms with Gasteiger partial charge in [0, 0.05) is 43.3 Å². The molecular formula is C27H34N8O3. The van der Waals surface area contributed by atoms with E-state index in [1.165, 1.54) is 6.08 Å². The van der Waals surface area contributed by atoms with E-state index in [1.807, 2.05) is 6.07 Å². The second-order valence-electron chi connectivity index (χ2n) is 10.5. The molecule has 1 aromatic carbocycles. The first-order valence-electron chi connectivity index (χ1n) is 12.9. The lowest BCUT2D eigenvalue weighted by Crippen LogP contribution is -2.59. The van der Waals surface area contributed by atoms with Crippen molar-refractivity contribution in [3.05, 3.63) is 48.0 Å². The Bertz CT molecular complexity index is 1250. The number of benzene rings is 1. The molecule has 2 unspecified atom stereocenters. The highest BCUT2D eigenvalue weighted by Gasteiger charge is 2.49. The number of aromatic nitrogens is 2. The van der Waals surface area contributed by atoms with Crippen molar-refractivity contribution in [1.29, 1.82) is 5.26 Å². The lowest BCUT2D eigenvalue weighted by molar-refractivity contribution is -0.136. The Morgan fingerprint density at radius 2 is 2.21 bits per heavy atom. The zero-order valence-electron chi connectivity index (χ0n) is 21.6. The van der Waals surface area contributed by atoms with Crippen LogP contribution in [0.1, 0.15) is 36.6 Å². The van der Waals surface area contributed by atoms with Gasteiger partial charge in [0.05, 0.1) is 0 Å². The Hall–Kier alpha value is -3.72. The third-order valence-electron chi connectivity index (χ3n) is 7.83. The lowest BCUT2D eigenvalue weighted by atomic mass is 9.79. The first kappa shape index (κ1) is 25.9. The standard InChI is InChI=1S/C27H34N8O3/c1-3-22(36)35-16-27(17-35)9-11-34(15-27)25-21(13-28)24(30-19-7-4-6-18(12-19)23(29)37)31-26(32-25)38-14-20-8-5-10-33(20)2/h3-4,6-7,12,20,23,37H,1,5,8-11,14-17,29H2,2H3,(H,30,31,32). The number of hydrogen-bond acceptors (Lipinski definition) is 10. The molecule has 1 amide bonds. The smallest absolute Gasteiger partial charge is 0.320 e. The number of aliphatic hydroxyl groups excluding tert-OH is 1. The molecule has 0 bridgehead atoms. The molecular weight excluding hydrogens is 484 g/mol. The third-order valence-corrected chi connectivity index (χ3v) is 7.83. The predicted molar refractivity (Wildman–Crippen MR) is 143 cm³/mol. The van der Waals surface area contributed by atoms with Crippen LogP contribution in [0.2, 0.25) is 0 Å². The Balaban J connectivity index is 1.43. The highest BCUT2D eigenvalue weighted by Crippen LogP contribution is 2.42. The summed E-state index contributed by atoms with van der Waals surface area (Å²) in [5.74, 6) is 0.784. The fourth-order valence-corrected chi connectivity index (χ4v) is 5.64. The van der Waals surface area contributed by atoms with Crippen molar-refractivity contribution in [3.8, 4) is 12.1 Å². The van der Waals surface area contributed by atoms with Crippen molar-refractivity contribution in [1.82, 2.24) is 19.8 Å². The van der Waals surface area contributed by atoms with Gasteiger partial charge in [-0.15, -0.1) is 0 Å². The van der Waals surface area contributed by atoms with Crippen LogP contribution in [0.5, 0.6) is 6.01 Å². The quantitative estimate of drug-likeness (QED) is 0.349. The number of nitrogens with two attached hydrogens (primary N) is 1.